The van der Waals surface area contributed by atoms with Crippen LogP contribution in [0.2, 0.25) is 0 Å². The first-order chi connectivity index (χ1) is 13.9. The van der Waals surface area contributed by atoms with E-state index >= 15 is 0 Å². The minimum Gasteiger partial charge on any atom is -0.410 e. The van der Waals surface area contributed by atoms with Gasteiger partial charge < -0.3 is 15.2 Å². The molecule has 0 fully saturated rings. The number of hydrogen-bond acceptors (Lipinski definition) is 5. The zero-order valence-corrected chi connectivity index (χ0v) is 17.1. The summed E-state index contributed by atoms with van der Waals surface area (Å²) in [4.78, 5) is 12.2. The van der Waals surface area contributed by atoms with Gasteiger partial charge in [-0.25, -0.2) is 9.48 Å². The molecular formula is C22H26N4O3. The van der Waals surface area contributed by atoms with E-state index in [1.165, 1.54) is 0 Å². The van der Waals surface area contributed by atoms with Crippen molar-refractivity contribution in [2.75, 3.05) is 6.61 Å². The number of hydrogen-bond donors (Lipinski definition) is 2. The van der Waals surface area contributed by atoms with Gasteiger partial charge in [-0.05, 0) is 43.0 Å². The molecule has 1 aromatic heterocycles. The molecule has 0 saturated heterocycles. The molecule has 0 radical (unpaired) electrons. The van der Waals surface area contributed by atoms with Crippen LogP contribution >= 0.6 is 0 Å². The maximum Gasteiger partial charge on any atom is 0.412 e. The van der Waals surface area contributed by atoms with Crippen molar-refractivity contribution in [1.82, 2.24) is 20.3 Å². The number of aliphatic hydroxyl groups is 1. The molecular weight excluding hydrogens is 368 g/mol. The molecule has 29 heavy (non-hydrogen) atoms. The number of ether oxygens (including phenoxy) is 1. The van der Waals surface area contributed by atoms with E-state index < -0.39 is 12.1 Å². The van der Waals surface area contributed by atoms with Crippen molar-refractivity contribution in [1.29, 1.82) is 0 Å². The van der Waals surface area contributed by atoms with Crippen LogP contribution in [0.4, 0.5) is 4.79 Å². The van der Waals surface area contributed by atoms with E-state index in [0.717, 1.165) is 28.1 Å². The third kappa shape index (κ3) is 5.00. The summed E-state index contributed by atoms with van der Waals surface area (Å²) < 4.78 is 7.24. The Morgan fingerprint density at radius 3 is 2.52 bits per heavy atom. The fourth-order valence-electron chi connectivity index (χ4n) is 2.90. The van der Waals surface area contributed by atoms with Crippen molar-refractivity contribution < 1.29 is 14.6 Å². The quantitative estimate of drug-likeness (QED) is 0.663. The van der Waals surface area contributed by atoms with E-state index in [9.17, 15) is 4.79 Å². The predicted octanol–water partition coefficient (Wildman–Crippen LogP) is 3.84. The molecule has 2 N–H and O–H groups in total. The van der Waals surface area contributed by atoms with Crippen LogP contribution in [0.3, 0.4) is 0 Å². The first-order valence-electron chi connectivity index (χ1n) is 9.59. The Hall–Kier alpha value is -3.19. The summed E-state index contributed by atoms with van der Waals surface area (Å²) in [6.07, 6.45) is 1.11. The minimum absolute atomic E-state index is 0.166. The molecule has 0 spiro atoms. The monoisotopic (exact) mass is 394 g/mol. The van der Waals surface area contributed by atoms with Crippen molar-refractivity contribution in [3.8, 4) is 22.6 Å². The molecule has 0 aliphatic carbocycles. The second kappa shape index (κ2) is 8.87. The summed E-state index contributed by atoms with van der Waals surface area (Å²) in [5.74, 6) is 0.608. The highest BCUT2D eigenvalue weighted by molar-refractivity contribution is 5.74. The Morgan fingerprint density at radius 2 is 1.86 bits per heavy atom. The summed E-state index contributed by atoms with van der Waals surface area (Å²) in [7, 11) is 0. The van der Waals surface area contributed by atoms with Crippen molar-refractivity contribution in [3.63, 3.8) is 0 Å². The average molecular weight is 394 g/mol. The molecule has 1 amide bonds. The van der Waals surface area contributed by atoms with Crippen LogP contribution in [-0.4, -0.2) is 38.8 Å². The molecule has 0 bridgehead atoms. The number of rotatable bonds is 6. The van der Waals surface area contributed by atoms with E-state index in [1.807, 2.05) is 43.3 Å². The van der Waals surface area contributed by atoms with Crippen LogP contribution in [0, 0.1) is 6.92 Å². The maximum atomic E-state index is 12.2. The summed E-state index contributed by atoms with van der Waals surface area (Å²) in [6, 6.07) is 13.3. The number of nitrogens with zero attached hydrogens (tertiary/aromatic N) is 3. The van der Waals surface area contributed by atoms with Gasteiger partial charge in [-0.15, -0.1) is 5.10 Å². The molecule has 3 rings (SSSR count). The minimum atomic E-state index is -0.624. The van der Waals surface area contributed by atoms with Gasteiger partial charge in [-0.2, -0.15) is 0 Å². The molecule has 1 unspecified atom stereocenters. The normalized spacial score (nSPS) is 12.1. The summed E-state index contributed by atoms with van der Waals surface area (Å²) in [5.41, 5.74) is 4.76. The molecule has 7 nitrogen and oxygen atoms in total. The highest BCUT2D eigenvalue weighted by atomic mass is 16.6. The van der Waals surface area contributed by atoms with Gasteiger partial charge in [-0.3, -0.25) is 0 Å². The highest BCUT2D eigenvalue weighted by Crippen LogP contribution is 2.29. The molecule has 1 heterocycles. The lowest BCUT2D eigenvalue weighted by molar-refractivity contribution is 0.186. The number of carbonyl (C=O) groups excluding carboxylic acids is 1. The number of nitrogens with one attached hydrogen (secondary N) is 1. The first kappa shape index (κ1) is 20.5. The van der Waals surface area contributed by atoms with Gasteiger partial charge in [0, 0.05) is 6.07 Å². The van der Waals surface area contributed by atoms with Gasteiger partial charge >= 0.3 is 6.09 Å². The Bertz CT molecular complexity index is 980. The number of amides is 1. The van der Waals surface area contributed by atoms with Gasteiger partial charge in [0.2, 0.25) is 0 Å². The maximum absolute atomic E-state index is 12.2. The smallest absolute Gasteiger partial charge is 0.410 e. The zero-order chi connectivity index (χ0) is 21.0. The lowest BCUT2D eigenvalue weighted by Crippen LogP contribution is -2.37. The third-order valence-corrected chi connectivity index (χ3v) is 4.54. The van der Waals surface area contributed by atoms with Crippen LogP contribution < -0.4 is 10.1 Å². The van der Waals surface area contributed by atoms with Gasteiger partial charge in [0.1, 0.15) is 5.75 Å². The van der Waals surface area contributed by atoms with Crippen LogP contribution in [0.25, 0.3) is 16.8 Å². The van der Waals surface area contributed by atoms with E-state index in [4.69, 9.17) is 9.84 Å². The van der Waals surface area contributed by atoms with Crippen molar-refractivity contribution in [3.05, 3.63) is 59.9 Å². The average Bonchev–Trinajstić information content (AvgIpc) is 3.18. The van der Waals surface area contributed by atoms with Crippen molar-refractivity contribution in [2.24, 2.45) is 0 Å². The third-order valence-electron chi connectivity index (χ3n) is 4.54. The fourth-order valence-corrected chi connectivity index (χ4v) is 2.90. The summed E-state index contributed by atoms with van der Waals surface area (Å²) in [6.45, 7) is 7.70. The van der Waals surface area contributed by atoms with Gasteiger partial charge in [0.15, 0.2) is 0 Å². The van der Waals surface area contributed by atoms with Crippen LogP contribution in [0.15, 0.2) is 48.7 Å². The summed E-state index contributed by atoms with van der Waals surface area (Å²) >= 11 is 0. The second-order valence-corrected chi connectivity index (χ2v) is 7.42. The molecule has 0 aliphatic heterocycles. The van der Waals surface area contributed by atoms with Crippen LogP contribution in [0.1, 0.15) is 37.9 Å². The molecule has 1 atom stereocenters. The van der Waals surface area contributed by atoms with E-state index in [-0.39, 0.29) is 12.5 Å². The fraction of sp³-hybridized carbons (Fsp3) is 0.318. The standard InChI is InChI=1S/C22H26N4O3/c1-14(2)21-12-23-25-26(21)19-9-18(17-7-5-15(3)6-8-17)10-20(11-19)29-22(28)24-16(4)13-27/h5-12,14,16,27H,13H2,1-4H3,(H,24,28). The number of carbonyl (C=O) groups is 1. The van der Waals surface area contributed by atoms with Gasteiger partial charge in [-0.1, -0.05) is 48.9 Å². The van der Waals surface area contributed by atoms with Crippen molar-refractivity contribution in [2.45, 2.75) is 39.7 Å². The largest absolute Gasteiger partial charge is 0.412 e. The second-order valence-electron chi connectivity index (χ2n) is 7.42. The zero-order valence-electron chi connectivity index (χ0n) is 17.1. The van der Waals surface area contributed by atoms with Crippen LogP contribution in [-0.2, 0) is 0 Å². The number of benzene rings is 2. The topological polar surface area (TPSA) is 89.3 Å². The molecule has 152 valence electrons. The molecule has 7 heteroatoms. The van der Waals surface area contributed by atoms with Crippen molar-refractivity contribution >= 4 is 6.09 Å². The van der Waals surface area contributed by atoms with E-state index in [1.54, 1.807) is 23.9 Å². The SMILES string of the molecule is Cc1ccc(-c2cc(OC(=O)NC(C)CO)cc(-n3nncc3C(C)C)c2)cc1. The summed E-state index contributed by atoms with van der Waals surface area (Å²) in [5, 5.41) is 20.0. The first-order valence-corrected chi connectivity index (χ1v) is 9.59. The molecule has 2 aromatic carbocycles. The lowest BCUT2D eigenvalue weighted by Gasteiger charge is -2.15. The number of aryl methyl sites for hydroxylation is 1. The Morgan fingerprint density at radius 1 is 1.14 bits per heavy atom. The molecule has 0 saturated carbocycles. The van der Waals surface area contributed by atoms with Crippen LogP contribution in [0.5, 0.6) is 5.75 Å². The lowest BCUT2D eigenvalue weighted by atomic mass is 10.0. The molecule has 0 aliphatic rings. The number of aromatic nitrogens is 3. The van der Waals surface area contributed by atoms with E-state index in [2.05, 4.69) is 29.5 Å². The predicted molar refractivity (Wildman–Crippen MR) is 111 cm³/mol. The Kier molecular flexibility index (Phi) is 6.29. The van der Waals surface area contributed by atoms with E-state index in [0.29, 0.717) is 5.75 Å². The van der Waals surface area contributed by atoms with Gasteiger partial charge in [0.25, 0.3) is 0 Å². The highest BCUT2D eigenvalue weighted by Gasteiger charge is 2.15. The Balaban J connectivity index is 2.03. The Labute approximate surface area is 170 Å². The van der Waals surface area contributed by atoms with Gasteiger partial charge in [0.05, 0.1) is 30.2 Å². The number of aliphatic hydroxyl groups excluding tert-OH is 1. The molecule has 3 aromatic rings.